The van der Waals surface area contributed by atoms with Gasteiger partial charge in [-0.25, -0.2) is 4.98 Å². The molecule has 1 saturated carbocycles. The summed E-state index contributed by atoms with van der Waals surface area (Å²) in [6.07, 6.45) is 8.28. The monoisotopic (exact) mass is 455 g/mol. The summed E-state index contributed by atoms with van der Waals surface area (Å²) in [4.78, 5) is 17.7. The number of hydrogen-bond acceptors (Lipinski definition) is 5. The highest BCUT2D eigenvalue weighted by Crippen LogP contribution is 2.36. The second-order valence-corrected chi connectivity index (χ2v) is 8.71. The van der Waals surface area contributed by atoms with Crippen LogP contribution in [0.2, 0.25) is 0 Å². The SMILES string of the molecule is COc1ccc(CC(=O)Oc2ccccc2-c2nc3ccccn3c2NC2CCCCC2)cc1. The number of carbonyl (C=O) groups is 1. The number of imidazole rings is 1. The maximum absolute atomic E-state index is 12.8. The number of nitrogens with one attached hydrogen (secondary N) is 1. The number of pyridine rings is 1. The molecule has 34 heavy (non-hydrogen) atoms. The molecule has 174 valence electrons. The highest BCUT2D eigenvalue weighted by molar-refractivity contribution is 5.83. The van der Waals surface area contributed by atoms with Gasteiger partial charge < -0.3 is 14.8 Å². The number of para-hydroxylation sites is 1. The lowest BCUT2D eigenvalue weighted by Gasteiger charge is -2.24. The Balaban J connectivity index is 1.44. The van der Waals surface area contributed by atoms with E-state index in [4.69, 9.17) is 14.5 Å². The number of methoxy groups -OCH3 is 1. The number of fused-ring (bicyclic) bond motifs is 1. The van der Waals surface area contributed by atoms with Crippen LogP contribution >= 0.6 is 0 Å². The van der Waals surface area contributed by atoms with E-state index < -0.39 is 0 Å². The molecule has 6 heteroatoms. The van der Waals surface area contributed by atoms with E-state index in [0.29, 0.717) is 11.8 Å². The van der Waals surface area contributed by atoms with Crippen LogP contribution in [0.1, 0.15) is 37.7 Å². The molecule has 6 nitrogen and oxygen atoms in total. The molecule has 2 heterocycles. The summed E-state index contributed by atoms with van der Waals surface area (Å²) in [6.45, 7) is 0. The average molecular weight is 456 g/mol. The van der Waals surface area contributed by atoms with Crippen molar-refractivity contribution in [3.63, 3.8) is 0 Å². The Bertz CT molecular complexity index is 1270. The third-order valence-corrected chi connectivity index (χ3v) is 6.35. The first kappa shape index (κ1) is 22.0. The molecule has 1 aliphatic rings. The molecule has 2 aromatic carbocycles. The molecule has 1 aliphatic carbocycles. The third kappa shape index (κ3) is 4.76. The van der Waals surface area contributed by atoms with Gasteiger partial charge in [0.05, 0.1) is 13.5 Å². The van der Waals surface area contributed by atoms with E-state index in [1.54, 1.807) is 7.11 Å². The second-order valence-electron chi connectivity index (χ2n) is 8.71. The number of ether oxygens (including phenoxy) is 2. The van der Waals surface area contributed by atoms with Crippen molar-refractivity contribution in [3.05, 3.63) is 78.5 Å². The minimum atomic E-state index is -0.317. The molecule has 0 bridgehead atoms. The van der Waals surface area contributed by atoms with E-state index in [9.17, 15) is 4.79 Å². The van der Waals surface area contributed by atoms with Gasteiger partial charge in [-0.15, -0.1) is 0 Å². The van der Waals surface area contributed by atoms with Gasteiger partial charge in [-0.1, -0.05) is 49.6 Å². The summed E-state index contributed by atoms with van der Waals surface area (Å²) in [5.74, 6) is 1.90. The molecule has 5 rings (SSSR count). The Morgan fingerprint density at radius 2 is 1.76 bits per heavy atom. The number of carbonyl (C=O) groups excluding carboxylic acids is 1. The van der Waals surface area contributed by atoms with Crippen molar-refractivity contribution in [1.82, 2.24) is 9.38 Å². The van der Waals surface area contributed by atoms with Crippen molar-refractivity contribution < 1.29 is 14.3 Å². The van der Waals surface area contributed by atoms with Gasteiger partial charge in [0.15, 0.2) is 0 Å². The summed E-state index contributed by atoms with van der Waals surface area (Å²) in [5.41, 5.74) is 3.32. The summed E-state index contributed by atoms with van der Waals surface area (Å²) in [5, 5.41) is 3.75. The first-order valence-corrected chi connectivity index (χ1v) is 11.9. The summed E-state index contributed by atoms with van der Waals surface area (Å²) < 4.78 is 13.1. The molecule has 0 unspecified atom stereocenters. The summed E-state index contributed by atoms with van der Waals surface area (Å²) >= 11 is 0. The van der Waals surface area contributed by atoms with Gasteiger partial charge in [0, 0.05) is 17.8 Å². The highest BCUT2D eigenvalue weighted by Gasteiger charge is 2.22. The van der Waals surface area contributed by atoms with Crippen molar-refractivity contribution in [2.45, 2.75) is 44.6 Å². The van der Waals surface area contributed by atoms with Crippen molar-refractivity contribution in [1.29, 1.82) is 0 Å². The minimum absolute atomic E-state index is 0.177. The number of nitrogens with zero attached hydrogens (tertiary/aromatic N) is 2. The molecule has 2 aromatic heterocycles. The van der Waals surface area contributed by atoms with Crippen LogP contribution in [0.3, 0.4) is 0 Å². The van der Waals surface area contributed by atoms with Crippen molar-refractivity contribution >= 4 is 17.4 Å². The van der Waals surface area contributed by atoms with Gasteiger partial charge in [0.1, 0.15) is 28.7 Å². The zero-order valence-electron chi connectivity index (χ0n) is 19.4. The number of anilines is 1. The predicted octanol–water partition coefficient (Wildman–Crippen LogP) is 5.90. The lowest BCUT2D eigenvalue weighted by molar-refractivity contribution is -0.133. The van der Waals surface area contributed by atoms with Gasteiger partial charge in [0.25, 0.3) is 0 Å². The normalized spacial score (nSPS) is 14.1. The standard InChI is InChI=1S/C28H29N3O3/c1-33-22-16-14-20(15-17-22)19-26(32)34-24-12-6-5-11-23(24)27-28(29-21-9-3-2-4-10-21)31-18-8-7-13-25(31)30-27/h5-8,11-18,21,29H,2-4,9-10,19H2,1H3. The van der Waals surface area contributed by atoms with Crippen LogP contribution in [0.5, 0.6) is 11.5 Å². The van der Waals surface area contributed by atoms with Gasteiger partial charge >= 0.3 is 5.97 Å². The Kier molecular flexibility index (Phi) is 6.47. The molecule has 0 spiro atoms. The molecule has 0 atom stereocenters. The molecular weight excluding hydrogens is 426 g/mol. The average Bonchev–Trinajstić information content (AvgIpc) is 3.23. The van der Waals surface area contributed by atoms with E-state index in [1.807, 2.05) is 72.9 Å². The van der Waals surface area contributed by atoms with Crippen LogP contribution in [0.15, 0.2) is 72.9 Å². The second kappa shape index (κ2) is 10.00. The molecule has 0 saturated heterocycles. The number of rotatable bonds is 7. The minimum Gasteiger partial charge on any atom is -0.497 e. The molecule has 0 radical (unpaired) electrons. The maximum Gasteiger partial charge on any atom is 0.315 e. The smallest absolute Gasteiger partial charge is 0.315 e. The topological polar surface area (TPSA) is 64.9 Å². The predicted molar refractivity (Wildman–Crippen MR) is 133 cm³/mol. The van der Waals surface area contributed by atoms with Crippen LogP contribution in [0.4, 0.5) is 5.82 Å². The molecule has 0 amide bonds. The lowest BCUT2D eigenvalue weighted by atomic mass is 9.95. The van der Waals surface area contributed by atoms with Gasteiger partial charge in [-0.05, 0) is 54.8 Å². The van der Waals surface area contributed by atoms with Crippen molar-refractivity contribution in [2.75, 3.05) is 12.4 Å². The molecule has 0 aliphatic heterocycles. The third-order valence-electron chi connectivity index (χ3n) is 6.35. The quantitative estimate of drug-likeness (QED) is 0.278. The lowest BCUT2D eigenvalue weighted by Crippen LogP contribution is -2.23. The highest BCUT2D eigenvalue weighted by atomic mass is 16.5. The molecular formula is C28H29N3O3. The van der Waals surface area contributed by atoms with E-state index in [1.165, 1.54) is 19.3 Å². The largest absolute Gasteiger partial charge is 0.497 e. The van der Waals surface area contributed by atoms with E-state index >= 15 is 0 Å². The summed E-state index contributed by atoms with van der Waals surface area (Å²) in [6, 6.07) is 21.5. The van der Waals surface area contributed by atoms with Gasteiger partial charge in [0.2, 0.25) is 0 Å². The molecule has 4 aromatic rings. The number of esters is 1. The van der Waals surface area contributed by atoms with Crippen molar-refractivity contribution in [2.24, 2.45) is 0 Å². The number of benzene rings is 2. The van der Waals surface area contributed by atoms with E-state index in [-0.39, 0.29) is 12.4 Å². The molecule has 1 N–H and O–H groups in total. The zero-order chi connectivity index (χ0) is 23.3. The first-order chi connectivity index (χ1) is 16.7. The van der Waals surface area contributed by atoms with Crippen LogP contribution in [0, 0.1) is 0 Å². The van der Waals surface area contributed by atoms with Crippen LogP contribution in [-0.2, 0) is 11.2 Å². The van der Waals surface area contributed by atoms with E-state index in [2.05, 4.69) is 9.72 Å². The Labute approximate surface area is 199 Å². The van der Waals surface area contributed by atoms with Crippen molar-refractivity contribution in [3.8, 4) is 22.8 Å². The fourth-order valence-electron chi connectivity index (χ4n) is 4.58. The Hall–Kier alpha value is -3.80. The van der Waals surface area contributed by atoms with Crippen LogP contribution < -0.4 is 14.8 Å². The fraction of sp³-hybridized carbons (Fsp3) is 0.286. The number of hydrogen-bond donors (Lipinski definition) is 1. The first-order valence-electron chi connectivity index (χ1n) is 11.9. The Morgan fingerprint density at radius 3 is 2.56 bits per heavy atom. The van der Waals surface area contributed by atoms with Gasteiger partial charge in [-0.2, -0.15) is 0 Å². The van der Waals surface area contributed by atoms with Crippen LogP contribution in [-0.4, -0.2) is 28.5 Å². The Morgan fingerprint density at radius 1 is 1.00 bits per heavy atom. The van der Waals surface area contributed by atoms with E-state index in [0.717, 1.165) is 46.9 Å². The maximum atomic E-state index is 12.8. The summed E-state index contributed by atoms with van der Waals surface area (Å²) in [7, 11) is 1.62. The fourth-order valence-corrected chi connectivity index (χ4v) is 4.58. The zero-order valence-corrected chi connectivity index (χ0v) is 19.4. The number of aromatic nitrogens is 2. The van der Waals surface area contributed by atoms with Gasteiger partial charge in [-0.3, -0.25) is 9.20 Å². The van der Waals surface area contributed by atoms with Crippen LogP contribution in [0.25, 0.3) is 16.9 Å². The molecule has 1 fully saturated rings.